The summed E-state index contributed by atoms with van der Waals surface area (Å²) in [5.41, 5.74) is 1.49. The van der Waals surface area contributed by atoms with Crippen molar-refractivity contribution in [3.63, 3.8) is 0 Å². The first-order chi connectivity index (χ1) is 8.29. The summed E-state index contributed by atoms with van der Waals surface area (Å²) >= 11 is 0. The van der Waals surface area contributed by atoms with Crippen LogP contribution in [0.1, 0.15) is 0 Å². The fourth-order valence-corrected chi connectivity index (χ4v) is 1.39. The van der Waals surface area contributed by atoms with E-state index in [0.29, 0.717) is 11.5 Å². The van der Waals surface area contributed by atoms with Gasteiger partial charge in [-0.25, -0.2) is 0 Å². The van der Waals surface area contributed by atoms with E-state index >= 15 is 0 Å². The molecule has 1 heterocycles. The maximum absolute atomic E-state index is 11.4. The van der Waals surface area contributed by atoms with Gasteiger partial charge in [0, 0.05) is 11.3 Å². The number of aromatic amines is 1. The lowest BCUT2D eigenvalue weighted by Gasteiger charge is -2.05. The summed E-state index contributed by atoms with van der Waals surface area (Å²) in [5.74, 6) is 0.396. The minimum atomic E-state index is -0.0993. The van der Waals surface area contributed by atoms with Crippen LogP contribution in [-0.4, -0.2) is 40.1 Å². The van der Waals surface area contributed by atoms with Gasteiger partial charge in [0.25, 0.3) is 0 Å². The van der Waals surface area contributed by atoms with E-state index in [9.17, 15) is 4.79 Å². The van der Waals surface area contributed by atoms with E-state index in [1.807, 2.05) is 12.1 Å². The molecule has 1 amide bonds. The molecule has 0 unspecified atom stereocenters. The van der Waals surface area contributed by atoms with Gasteiger partial charge in [0.2, 0.25) is 11.7 Å². The highest BCUT2D eigenvalue weighted by Crippen LogP contribution is 2.17. The van der Waals surface area contributed by atoms with Gasteiger partial charge in [-0.2, -0.15) is 5.21 Å². The molecule has 0 saturated heterocycles. The highest BCUT2D eigenvalue weighted by molar-refractivity contribution is 5.92. The topological polar surface area (TPSA) is 95.6 Å². The fraction of sp³-hybridized carbons (Fsp3) is 0.200. The summed E-state index contributed by atoms with van der Waals surface area (Å²) in [6.07, 6.45) is 0. The van der Waals surface area contributed by atoms with Crippen molar-refractivity contribution in [1.82, 2.24) is 25.9 Å². The molecule has 0 fully saturated rings. The lowest BCUT2D eigenvalue weighted by Crippen LogP contribution is -2.24. The molecule has 0 spiro atoms. The third-order valence-electron chi connectivity index (χ3n) is 2.09. The van der Waals surface area contributed by atoms with Crippen molar-refractivity contribution in [1.29, 1.82) is 0 Å². The number of carbonyl (C=O) groups excluding carboxylic acids is 1. The van der Waals surface area contributed by atoms with Crippen molar-refractivity contribution in [3.05, 3.63) is 24.3 Å². The number of hydrogen-bond acceptors (Lipinski definition) is 5. The number of amides is 1. The second-order valence-electron chi connectivity index (χ2n) is 3.39. The Bertz CT molecular complexity index is 495. The van der Waals surface area contributed by atoms with E-state index in [1.54, 1.807) is 19.2 Å². The summed E-state index contributed by atoms with van der Waals surface area (Å²) in [6.45, 7) is 0.270. The summed E-state index contributed by atoms with van der Waals surface area (Å²) in [5, 5.41) is 19.1. The van der Waals surface area contributed by atoms with Crippen LogP contribution in [0, 0.1) is 0 Å². The number of carbonyl (C=O) groups is 1. The number of H-pyrrole nitrogens is 1. The SMILES string of the molecule is CNCC(=O)Nc1cccc(-c2nn[nH]n2)c1. The van der Waals surface area contributed by atoms with Crippen molar-refractivity contribution >= 4 is 11.6 Å². The number of hydrogen-bond donors (Lipinski definition) is 3. The highest BCUT2D eigenvalue weighted by atomic mass is 16.1. The molecule has 0 atom stereocenters. The van der Waals surface area contributed by atoms with Crippen molar-refractivity contribution in [2.75, 3.05) is 18.9 Å². The summed E-state index contributed by atoms with van der Waals surface area (Å²) in [6, 6.07) is 7.26. The molecule has 2 aromatic rings. The molecule has 17 heavy (non-hydrogen) atoms. The number of nitrogens with zero attached hydrogens (tertiary/aromatic N) is 3. The van der Waals surface area contributed by atoms with Crippen LogP contribution in [0.25, 0.3) is 11.4 Å². The van der Waals surface area contributed by atoms with Crippen LogP contribution in [0.4, 0.5) is 5.69 Å². The Morgan fingerprint density at radius 3 is 3.06 bits per heavy atom. The molecule has 0 radical (unpaired) electrons. The van der Waals surface area contributed by atoms with E-state index in [0.717, 1.165) is 5.56 Å². The Kier molecular flexibility index (Phi) is 3.41. The predicted octanol–water partition coefficient (Wildman–Crippen LogP) is 0.0246. The van der Waals surface area contributed by atoms with Crippen LogP contribution < -0.4 is 10.6 Å². The lowest BCUT2D eigenvalue weighted by atomic mass is 10.2. The normalized spacial score (nSPS) is 10.2. The van der Waals surface area contributed by atoms with E-state index in [-0.39, 0.29) is 12.5 Å². The number of benzene rings is 1. The molecule has 1 aromatic carbocycles. The number of nitrogens with one attached hydrogen (secondary N) is 3. The van der Waals surface area contributed by atoms with E-state index in [1.165, 1.54) is 0 Å². The molecule has 7 nitrogen and oxygen atoms in total. The Morgan fingerprint density at radius 1 is 1.47 bits per heavy atom. The number of tetrazole rings is 1. The van der Waals surface area contributed by atoms with Gasteiger partial charge in [0.05, 0.1) is 6.54 Å². The van der Waals surface area contributed by atoms with Crippen molar-refractivity contribution in [3.8, 4) is 11.4 Å². The highest BCUT2D eigenvalue weighted by Gasteiger charge is 2.05. The summed E-state index contributed by atoms with van der Waals surface area (Å²) < 4.78 is 0. The molecule has 0 aliphatic rings. The third-order valence-corrected chi connectivity index (χ3v) is 2.09. The molecule has 0 saturated carbocycles. The zero-order chi connectivity index (χ0) is 12.1. The summed E-state index contributed by atoms with van der Waals surface area (Å²) in [4.78, 5) is 11.4. The smallest absolute Gasteiger partial charge is 0.238 e. The molecule has 0 aliphatic heterocycles. The number of likely N-dealkylation sites (N-methyl/N-ethyl adjacent to an activating group) is 1. The van der Waals surface area contributed by atoms with Gasteiger partial charge in [-0.05, 0) is 24.4 Å². The molecule has 0 bridgehead atoms. The Labute approximate surface area is 97.6 Å². The molecular weight excluding hydrogens is 220 g/mol. The van der Waals surface area contributed by atoms with Crippen LogP contribution in [0.3, 0.4) is 0 Å². The van der Waals surface area contributed by atoms with Crippen LogP contribution in [0.15, 0.2) is 24.3 Å². The van der Waals surface area contributed by atoms with Gasteiger partial charge >= 0.3 is 0 Å². The second-order valence-corrected chi connectivity index (χ2v) is 3.39. The maximum Gasteiger partial charge on any atom is 0.238 e. The number of rotatable bonds is 4. The first-order valence-electron chi connectivity index (χ1n) is 5.08. The molecule has 3 N–H and O–H groups in total. The van der Waals surface area contributed by atoms with Crippen molar-refractivity contribution in [2.24, 2.45) is 0 Å². The van der Waals surface area contributed by atoms with Gasteiger partial charge in [-0.15, -0.1) is 10.2 Å². The van der Waals surface area contributed by atoms with Crippen LogP contribution in [0.2, 0.25) is 0 Å². The quantitative estimate of drug-likeness (QED) is 0.691. The molecule has 1 aromatic heterocycles. The van der Waals surface area contributed by atoms with Crippen LogP contribution >= 0.6 is 0 Å². The molecule has 7 heteroatoms. The standard InChI is InChI=1S/C10H12N6O/c1-11-6-9(17)12-8-4-2-3-7(5-8)10-13-15-16-14-10/h2-5,11H,6H2,1H3,(H,12,17)(H,13,14,15,16). The predicted molar refractivity (Wildman–Crippen MR) is 62.2 cm³/mol. The van der Waals surface area contributed by atoms with Gasteiger partial charge in [-0.3, -0.25) is 4.79 Å². The first-order valence-corrected chi connectivity index (χ1v) is 5.08. The van der Waals surface area contributed by atoms with Crippen LogP contribution in [0.5, 0.6) is 0 Å². The molecular formula is C10H12N6O. The second kappa shape index (κ2) is 5.17. The van der Waals surface area contributed by atoms with E-state index in [4.69, 9.17) is 0 Å². The lowest BCUT2D eigenvalue weighted by molar-refractivity contribution is -0.115. The molecule has 2 rings (SSSR count). The zero-order valence-electron chi connectivity index (χ0n) is 9.27. The van der Waals surface area contributed by atoms with E-state index < -0.39 is 0 Å². The minimum absolute atomic E-state index is 0.0993. The largest absolute Gasteiger partial charge is 0.325 e. The van der Waals surface area contributed by atoms with Gasteiger partial charge in [0.15, 0.2) is 0 Å². The van der Waals surface area contributed by atoms with Gasteiger partial charge < -0.3 is 10.6 Å². The average molecular weight is 232 g/mol. The van der Waals surface area contributed by atoms with Gasteiger partial charge in [-0.1, -0.05) is 12.1 Å². The van der Waals surface area contributed by atoms with Gasteiger partial charge in [0.1, 0.15) is 0 Å². The summed E-state index contributed by atoms with van der Waals surface area (Å²) in [7, 11) is 1.72. The average Bonchev–Trinajstić information content (AvgIpc) is 2.83. The number of anilines is 1. The monoisotopic (exact) mass is 232 g/mol. The zero-order valence-corrected chi connectivity index (χ0v) is 9.27. The van der Waals surface area contributed by atoms with Crippen molar-refractivity contribution in [2.45, 2.75) is 0 Å². The van der Waals surface area contributed by atoms with E-state index in [2.05, 4.69) is 31.3 Å². The Hall–Kier alpha value is -2.28. The maximum atomic E-state index is 11.4. The Balaban J connectivity index is 2.15. The molecule has 0 aliphatic carbocycles. The third kappa shape index (κ3) is 2.85. The van der Waals surface area contributed by atoms with Crippen LogP contribution in [-0.2, 0) is 4.79 Å². The number of aromatic nitrogens is 4. The van der Waals surface area contributed by atoms with Crippen molar-refractivity contribution < 1.29 is 4.79 Å². The fourth-order valence-electron chi connectivity index (χ4n) is 1.39. The molecule has 88 valence electrons. The first kappa shape index (κ1) is 11.2. The minimum Gasteiger partial charge on any atom is -0.325 e. The Morgan fingerprint density at radius 2 is 2.35 bits per heavy atom.